The van der Waals surface area contributed by atoms with Crippen LogP contribution in [0, 0.1) is 11.3 Å². The summed E-state index contributed by atoms with van der Waals surface area (Å²) in [5, 5.41) is 17.2. The zero-order valence-corrected chi connectivity index (χ0v) is 29.2. The van der Waals surface area contributed by atoms with Gasteiger partial charge in [-0.1, -0.05) is 0 Å². The van der Waals surface area contributed by atoms with E-state index in [1.54, 1.807) is 0 Å². The van der Waals surface area contributed by atoms with Crippen molar-refractivity contribution in [2.24, 2.45) is 0 Å². The number of rotatable bonds is 2. The molecule has 0 radical (unpaired) electrons. The number of para-hydroxylation sites is 2. The van der Waals surface area contributed by atoms with E-state index in [2.05, 4.69) is 156 Å². The van der Waals surface area contributed by atoms with Gasteiger partial charge in [0.15, 0.2) is 0 Å². The van der Waals surface area contributed by atoms with Crippen LogP contribution in [0.4, 0.5) is 0 Å². The summed E-state index contributed by atoms with van der Waals surface area (Å²) in [4.78, 5) is 0. The first-order chi connectivity index (χ1) is 24.5. The topological polar surface area (TPSA) is 33.6 Å². The van der Waals surface area contributed by atoms with Gasteiger partial charge in [0.2, 0.25) is 0 Å². The Labute approximate surface area is 294 Å². The Morgan fingerprint density at radius 1 is 0.520 bits per heavy atom. The number of nitrogens with zero attached hydrogens (tertiary/aromatic N) is 3. The summed E-state index contributed by atoms with van der Waals surface area (Å²) >= 11 is 0.232. The molecule has 7 aromatic carbocycles. The quantitative estimate of drug-likeness (QED) is 0.165. The summed E-state index contributed by atoms with van der Waals surface area (Å²) in [6.45, 7) is 4.77. The molecule has 234 valence electrons. The first kappa shape index (κ1) is 28.0. The van der Waals surface area contributed by atoms with Crippen LogP contribution in [0.2, 0.25) is 0 Å². The van der Waals surface area contributed by atoms with Crippen molar-refractivity contribution in [2.75, 3.05) is 0 Å². The SMILES string of the molecule is CC1(C)c2ccccc2-c2ccc3c4ccccc4n(-c4ccc5[se]c6ccc(-n7c8ccccc8c8cc(C#N)ccc87)cc6c5c4)c3c21. The molecule has 1 aliphatic carbocycles. The monoisotopic (exact) mass is 703 g/mol. The number of fused-ring (bicyclic) bond motifs is 13. The molecule has 11 rings (SSSR count). The van der Waals surface area contributed by atoms with Crippen LogP contribution >= 0.6 is 0 Å². The number of hydrogen-bond donors (Lipinski definition) is 0. The van der Waals surface area contributed by atoms with E-state index >= 15 is 0 Å². The normalized spacial score (nSPS) is 13.5. The molecule has 0 saturated heterocycles. The third-order valence-corrected chi connectivity index (χ3v) is 13.5. The van der Waals surface area contributed by atoms with Crippen molar-refractivity contribution < 1.29 is 0 Å². The summed E-state index contributed by atoms with van der Waals surface area (Å²) in [7, 11) is 0. The van der Waals surface area contributed by atoms with Gasteiger partial charge >= 0.3 is 296 Å². The molecule has 0 N–H and O–H groups in total. The number of benzene rings is 7. The second kappa shape index (κ2) is 9.87. The van der Waals surface area contributed by atoms with Crippen LogP contribution in [-0.4, -0.2) is 23.6 Å². The van der Waals surface area contributed by atoms with E-state index in [1.807, 2.05) is 12.1 Å². The summed E-state index contributed by atoms with van der Waals surface area (Å²) in [6.07, 6.45) is 0. The minimum atomic E-state index is -0.130. The van der Waals surface area contributed by atoms with Crippen molar-refractivity contribution in [1.82, 2.24) is 9.13 Å². The second-order valence-electron chi connectivity index (χ2n) is 14.1. The second-order valence-corrected chi connectivity index (χ2v) is 16.3. The van der Waals surface area contributed by atoms with Gasteiger partial charge in [0.25, 0.3) is 0 Å². The fourth-order valence-corrected chi connectivity index (χ4v) is 11.2. The predicted molar refractivity (Wildman–Crippen MR) is 209 cm³/mol. The van der Waals surface area contributed by atoms with Crippen LogP contribution in [0.5, 0.6) is 0 Å². The van der Waals surface area contributed by atoms with Gasteiger partial charge in [-0.05, 0) is 0 Å². The van der Waals surface area contributed by atoms with E-state index in [-0.39, 0.29) is 19.9 Å². The van der Waals surface area contributed by atoms with E-state index in [1.165, 1.54) is 69.0 Å². The molecule has 0 fully saturated rings. The van der Waals surface area contributed by atoms with Crippen molar-refractivity contribution in [3.05, 3.63) is 156 Å². The molecular formula is C46H29N3Se. The van der Waals surface area contributed by atoms with Crippen molar-refractivity contribution in [3.8, 4) is 28.6 Å². The molecule has 3 aromatic heterocycles. The van der Waals surface area contributed by atoms with Gasteiger partial charge in [-0.2, -0.15) is 0 Å². The van der Waals surface area contributed by atoms with Crippen LogP contribution in [0.3, 0.4) is 0 Å². The van der Waals surface area contributed by atoms with Crippen LogP contribution in [0.25, 0.3) is 85.4 Å². The third kappa shape index (κ3) is 3.58. The Morgan fingerprint density at radius 2 is 1.14 bits per heavy atom. The first-order valence-corrected chi connectivity index (χ1v) is 18.8. The van der Waals surface area contributed by atoms with Crippen LogP contribution in [0.1, 0.15) is 30.5 Å². The molecule has 0 atom stereocenters. The molecular weight excluding hydrogens is 673 g/mol. The van der Waals surface area contributed by atoms with Gasteiger partial charge in [0.05, 0.1) is 0 Å². The zero-order chi connectivity index (χ0) is 33.3. The number of hydrogen-bond acceptors (Lipinski definition) is 1. The Hall–Kier alpha value is -5.85. The molecule has 0 amide bonds. The molecule has 0 spiro atoms. The van der Waals surface area contributed by atoms with Crippen molar-refractivity contribution in [2.45, 2.75) is 19.3 Å². The summed E-state index contributed by atoms with van der Waals surface area (Å²) in [6, 6.07) is 53.6. The van der Waals surface area contributed by atoms with Crippen molar-refractivity contribution >= 4 is 77.4 Å². The van der Waals surface area contributed by atoms with Gasteiger partial charge in [-0.25, -0.2) is 0 Å². The fraction of sp³-hybridized carbons (Fsp3) is 0.0652. The van der Waals surface area contributed by atoms with Crippen LogP contribution < -0.4 is 0 Å². The molecule has 0 bridgehead atoms. The van der Waals surface area contributed by atoms with Gasteiger partial charge in [0, 0.05) is 0 Å². The van der Waals surface area contributed by atoms with E-state index in [0.29, 0.717) is 5.56 Å². The van der Waals surface area contributed by atoms with Crippen molar-refractivity contribution in [3.63, 3.8) is 0 Å². The molecule has 0 unspecified atom stereocenters. The molecule has 50 heavy (non-hydrogen) atoms. The Balaban J connectivity index is 1.18. The minimum absolute atomic E-state index is 0.130. The van der Waals surface area contributed by atoms with Gasteiger partial charge in [0.1, 0.15) is 0 Å². The standard InChI is InChI=1S/C46H29N3Se/c1-46(2)38-12-6-3-9-30(38)33-18-19-34-31-10-4-8-14-40(31)49(45(34)44(33)46)29-17-22-43-37(25-29)36-24-28(16-21-42(36)50-43)48-39-13-7-5-11-32(39)35-23-27(26-47)15-20-41(35)48/h3-25H,1-2H3. The predicted octanol–water partition coefficient (Wildman–Crippen LogP) is 11.4. The zero-order valence-electron chi connectivity index (χ0n) is 27.5. The number of aromatic nitrogens is 2. The van der Waals surface area contributed by atoms with Gasteiger partial charge in [-0.15, -0.1) is 0 Å². The summed E-state index contributed by atoms with van der Waals surface area (Å²) in [5.74, 6) is 0. The fourth-order valence-electron chi connectivity index (χ4n) is 8.93. The van der Waals surface area contributed by atoms with E-state index in [4.69, 9.17) is 0 Å². The molecule has 4 heteroatoms. The maximum absolute atomic E-state index is 9.66. The van der Waals surface area contributed by atoms with E-state index in [0.717, 1.165) is 27.5 Å². The third-order valence-electron chi connectivity index (χ3n) is 11.1. The molecule has 0 aliphatic heterocycles. The Morgan fingerprint density at radius 3 is 1.88 bits per heavy atom. The molecule has 10 aromatic rings. The van der Waals surface area contributed by atoms with Crippen molar-refractivity contribution in [1.29, 1.82) is 5.26 Å². The molecule has 0 saturated carbocycles. The molecule has 3 nitrogen and oxygen atoms in total. The molecule has 1 aliphatic rings. The average Bonchev–Trinajstić information content (AvgIpc) is 3.86. The Kier molecular flexibility index (Phi) is 5.53. The van der Waals surface area contributed by atoms with E-state index < -0.39 is 0 Å². The average molecular weight is 703 g/mol. The maximum atomic E-state index is 9.66. The van der Waals surface area contributed by atoms with Crippen LogP contribution in [0.15, 0.2) is 140 Å². The Bertz CT molecular complexity index is 3140. The number of nitriles is 1. The van der Waals surface area contributed by atoms with E-state index in [9.17, 15) is 5.26 Å². The summed E-state index contributed by atoms with van der Waals surface area (Å²) < 4.78 is 7.73. The molecule has 3 heterocycles. The first-order valence-electron chi connectivity index (χ1n) is 17.1. The van der Waals surface area contributed by atoms with Gasteiger partial charge < -0.3 is 0 Å². The van der Waals surface area contributed by atoms with Gasteiger partial charge in [-0.3, -0.25) is 0 Å². The van der Waals surface area contributed by atoms with Crippen LogP contribution in [-0.2, 0) is 5.41 Å². The summed E-state index contributed by atoms with van der Waals surface area (Å²) in [5.41, 5.74) is 13.2.